The molecular weight excluding hydrogens is 264 g/mol. The molecule has 1 aliphatic heterocycles. The number of rotatable bonds is 3. The number of nitrogens with two attached hydrogens (primary N) is 1. The first-order valence-corrected chi connectivity index (χ1v) is 8.30. The first kappa shape index (κ1) is 14.4. The van der Waals surface area contributed by atoms with Crippen LogP contribution in [0, 0.1) is 0 Å². The molecule has 1 fully saturated rings. The summed E-state index contributed by atoms with van der Waals surface area (Å²) in [7, 11) is 0. The Hall–Kier alpha value is -1.59. The second-order valence-electron chi connectivity index (χ2n) is 6.18. The maximum absolute atomic E-state index is 6.03. The van der Waals surface area contributed by atoms with Crippen LogP contribution in [-0.4, -0.2) is 26.8 Å². The van der Waals surface area contributed by atoms with Gasteiger partial charge in [0.05, 0.1) is 0 Å². The summed E-state index contributed by atoms with van der Waals surface area (Å²) in [6.07, 6.45) is 11.2. The van der Waals surface area contributed by atoms with Gasteiger partial charge in [-0.3, -0.25) is 0 Å². The largest absolute Gasteiger partial charge is 0.370 e. The molecule has 21 heavy (non-hydrogen) atoms. The van der Waals surface area contributed by atoms with E-state index in [1.165, 1.54) is 51.4 Å². The minimum absolute atomic E-state index is 0.489. The Morgan fingerprint density at radius 2 is 1.95 bits per heavy atom. The van der Waals surface area contributed by atoms with Gasteiger partial charge in [-0.1, -0.05) is 25.7 Å². The summed E-state index contributed by atoms with van der Waals surface area (Å²) in [6.45, 7) is 1.54. The van der Waals surface area contributed by atoms with Gasteiger partial charge in [0.1, 0.15) is 12.4 Å². The molecule has 2 heterocycles. The zero-order valence-electron chi connectivity index (χ0n) is 12.7. The highest BCUT2D eigenvalue weighted by Crippen LogP contribution is 2.17. The average molecular weight is 290 g/mol. The molecule has 2 aliphatic rings. The van der Waals surface area contributed by atoms with E-state index in [0.717, 1.165) is 24.6 Å². The van der Waals surface area contributed by atoms with E-state index in [9.17, 15) is 0 Å². The molecule has 0 radical (unpaired) electrons. The highest BCUT2D eigenvalue weighted by Gasteiger charge is 2.16. The molecule has 3 N–H and O–H groups in total. The molecule has 0 atom stereocenters. The van der Waals surface area contributed by atoms with Crippen molar-refractivity contribution in [3.05, 3.63) is 11.6 Å². The van der Waals surface area contributed by atoms with Gasteiger partial charge >= 0.3 is 0 Å². The van der Waals surface area contributed by atoms with Crippen molar-refractivity contribution < 1.29 is 0 Å². The van der Waals surface area contributed by atoms with Crippen molar-refractivity contribution in [2.75, 3.05) is 0 Å². The Morgan fingerprint density at radius 3 is 2.76 bits per heavy atom. The Labute approximate surface area is 126 Å². The van der Waals surface area contributed by atoms with Crippen molar-refractivity contribution >= 4 is 5.96 Å². The number of nitrogens with one attached hydrogen (secondary N) is 1. The van der Waals surface area contributed by atoms with E-state index in [1.54, 1.807) is 0 Å². The lowest BCUT2D eigenvalue weighted by Crippen LogP contribution is -2.39. The molecule has 1 aromatic heterocycles. The van der Waals surface area contributed by atoms with Crippen LogP contribution in [0.5, 0.6) is 0 Å². The van der Waals surface area contributed by atoms with E-state index < -0.39 is 0 Å². The Bertz CT molecular complexity index is 484. The van der Waals surface area contributed by atoms with Gasteiger partial charge in [-0.05, 0) is 25.7 Å². The van der Waals surface area contributed by atoms with Gasteiger partial charge < -0.3 is 15.6 Å². The smallest absolute Gasteiger partial charge is 0.189 e. The lowest BCUT2D eigenvalue weighted by atomic mass is 10.1. The number of hydrogen-bond donors (Lipinski definition) is 2. The van der Waals surface area contributed by atoms with Crippen LogP contribution < -0.4 is 11.1 Å². The molecule has 3 rings (SSSR count). The van der Waals surface area contributed by atoms with Gasteiger partial charge in [0, 0.05) is 19.0 Å². The summed E-state index contributed by atoms with van der Waals surface area (Å²) in [5, 5.41) is 11.9. The van der Waals surface area contributed by atoms with Crippen LogP contribution in [0.15, 0.2) is 4.99 Å². The zero-order chi connectivity index (χ0) is 14.5. The van der Waals surface area contributed by atoms with Crippen molar-refractivity contribution in [2.24, 2.45) is 10.7 Å². The molecule has 0 saturated heterocycles. The van der Waals surface area contributed by atoms with Crippen LogP contribution in [0.1, 0.15) is 63.0 Å². The predicted molar refractivity (Wildman–Crippen MR) is 82.9 cm³/mol. The molecule has 1 aliphatic carbocycles. The highest BCUT2D eigenvalue weighted by molar-refractivity contribution is 5.78. The van der Waals surface area contributed by atoms with E-state index in [2.05, 4.69) is 25.1 Å². The third-order valence-corrected chi connectivity index (χ3v) is 4.53. The zero-order valence-corrected chi connectivity index (χ0v) is 12.7. The number of nitrogens with zero attached hydrogens (tertiary/aromatic N) is 4. The van der Waals surface area contributed by atoms with E-state index in [0.29, 0.717) is 18.5 Å². The molecule has 1 aromatic rings. The van der Waals surface area contributed by atoms with Crippen LogP contribution in [-0.2, 0) is 19.5 Å². The first-order chi connectivity index (χ1) is 10.3. The van der Waals surface area contributed by atoms with Crippen molar-refractivity contribution in [1.29, 1.82) is 0 Å². The van der Waals surface area contributed by atoms with E-state index in [4.69, 9.17) is 5.73 Å². The van der Waals surface area contributed by atoms with Gasteiger partial charge in [0.25, 0.3) is 0 Å². The van der Waals surface area contributed by atoms with Gasteiger partial charge in [-0.2, -0.15) is 0 Å². The standard InChI is InChI=1S/C15H26N6/c16-15(18-12-7-3-1-2-4-8-12)17-11-14-20-19-13-9-5-6-10-21(13)14/h12H,1-11H2,(H3,16,17,18). The van der Waals surface area contributed by atoms with Gasteiger partial charge in [0.2, 0.25) is 0 Å². The normalized spacial score (nSPS) is 20.9. The Morgan fingerprint density at radius 1 is 1.14 bits per heavy atom. The van der Waals surface area contributed by atoms with Crippen LogP contribution >= 0.6 is 0 Å². The number of fused-ring (bicyclic) bond motifs is 1. The fourth-order valence-electron chi connectivity index (χ4n) is 3.32. The minimum Gasteiger partial charge on any atom is -0.370 e. The Kier molecular flexibility index (Phi) is 4.72. The monoisotopic (exact) mass is 290 g/mol. The number of guanidine groups is 1. The predicted octanol–water partition coefficient (Wildman–Crippen LogP) is 1.74. The minimum atomic E-state index is 0.489. The second kappa shape index (κ2) is 6.91. The van der Waals surface area contributed by atoms with Crippen LogP contribution in [0.3, 0.4) is 0 Å². The quantitative estimate of drug-likeness (QED) is 0.505. The molecule has 0 bridgehead atoms. The van der Waals surface area contributed by atoms with Crippen molar-refractivity contribution in [3.63, 3.8) is 0 Å². The molecule has 0 unspecified atom stereocenters. The van der Waals surface area contributed by atoms with E-state index in [1.807, 2.05) is 0 Å². The third-order valence-electron chi connectivity index (χ3n) is 4.53. The molecule has 6 heteroatoms. The molecule has 116 valence electrons. The van der Waals surface area contributed by atoms with Crippen LogP contribution in [0.25, 0.3) is 0 Å². The molecule has 0 spiro atoms. The summed E-state index contributed by atoms with van der Waals surface area (Å²) in [4.78, 5) is 4.46. The average Bonchev–Trinajstić information content (AvgIpc) is 2.74. The summed E-state index contributed by atoms with van der Waals surface area (Å²) in [6, 6.07) is 0.489. The molecule has 6 nitrogen and oxygen atoms in total. The number of aryl methyl sites for hydroxylation is 1. The lowest BCUT2D eigenvalue weighted by molar-refractivity contribution is 0.507. The topological polar surface area (TPSA) is 81.1 Å². The van der Waals surface area contributed by atoms with Crippen LogP contribution in [0.2, 0.25) is 0 Å². The first-order valence-electron chi connectivity index (χ1n) is 8.30. The Balaban J connectivity index is 1.56. The van der Waals surface area contributed by atoms with Gasteiger partial charge in [-0.15, -0.1) is 10.2 Å². The summed E-state index contributed by atoms with van der Waals surface area (Å²) in [5.74, 6) is 2.59. The summed E-state index contributed by atoms with van der Waals surface area (Å²) < 4.78 is 2.20. The fourth-order valence-corrected chi connectivity index (χ4v) is 3.32. The molecule has 0 amide bonds. The van der Waals surface area contributed by atoms with Crippen molar-refractivity contribution in [1.82, 2.24) is 20.1 Å². The van der Waals surface area contributed by atoms with Crippen molar-refractivity contribution in [2.45, 2.75) is 76.9 Å². The van der Waals surface area contributed by atoms with Gasteiger partial charge in [-0.25, -0.2) is 4.99 Å². The van der Waals surface area contributed by atoms with E-state index >= 15 is 0 Å². The van der Waals surface area contributed by atoms with Gasteiger partial charge in [0.15, 0.2) is 11.8 Å². The fraction of sp³-hybridized carbons (Fsp3) is 0.800. The maximum atomic E-state index is 6.03. The molecule has 1 saturated carbocycles. The third kappa shape index (κ3) is 3.74. The summed E-state index contributed by atoms with van der Waals surface area (Å²) >= 11 is 0. The SMILES string of the molecule is NC(=NCc1nnc2n1CCCC2)NC1CCCCCC1. The van der Waals surface area contributed by atoms with Crippen LogP contribution in [0.4, 0.5) is 0 Å². The molecule has 0 aromatic carbocycles. The molecular formula is C15H26N6. The highest BCUT2D eigenvalue weighted by atomic mass is 15.3. The second-order valence-corrected chi connectivity index (χ2v) is 6.18. The number of aliphatic imine (C=N–C) groups is 1. The van der Waals surface area contributed by atoms with E-state index in [-0.39, 0.29) is 0 Å². The number of aromatic nitrogens is 3. The van der Waals surface area contributed by atoms with Crippen molar-refractivity contribution in [3.8, 4) is 0 Å². The number of hydrogen-bond acceptors (Lipinski definition) is 3. The summed E-state index contributed by atoms with van der Waals surface area (Å²) in [5.41, 5.74) is 6.03. The maximum Gasteiger partial charge on any atom is 0.189 e. The lowest BCUT2D eigenvalue weighted by Gasteiger charge is -2.17.